The van der Waals surface area contributed by atoms with Crippen LogP contribution >= 0.6 is 0 Å². The number of methoxy groups -OCH3 is 1. The summed E-state index contributed by atoms with van der Waals surface area (Å²) in [6.07, 6.45) is 3.75. The number of rotatable bonds is 6. The molecule has 110 valence electrons. The van der Waals surface area contributed by atoms with Crippen molar-refractivity contribution < 1.29 is 9.53 Å². The van der Waals surface area contributed by atoms with E-state index in [2.05, 4.69) is 17.2 Å². The number of nitrogens with one attached hydrogen (secondary N) is 1. The average Bonchev–Trinajstić information content (AvgIpc) is 2.93. The van der Waals surface area contributed by atoms with Gasteiger partial charge in [0.1, 0.15) is 5.69 Å². The number of pyridine rings is 1. The lowest BCUT2D eigenvalue weighted by Gasteiger charge is -2.16. The third-order valence-corrected chi connectivity index (χ3v) is 3.53. The largest absolute Gasteiger partial charge is 0.385 e. The standard InChI is InChI=1S/C15H23N3O2/c1-3-6-16-13-4-7-17-14(9-13)15(19)18-8-5-12(10-18)11-20-2/h4,7,9,12H,3,5-6,8,10-11H2,1-2H3,(H,16,17). The summed E-state index contributed by atoms with van der Waals surface area (Å²) in [5.41, 5.74) is 1.47. The molecule has 1 aliphatic rings. The molecule has 1 fully saturated rings. The third kappa shape index (κ3) is 3.70. The zero-order valence-corrected chi connectivity index (χ0v) is 12.3. The van der Waals surface area contributed by atoms with Crippen LogP contribution in [0.5, 0.6) is 0 Å². The van der Waals surface area contributed by atoms with Crippen LogP contribution in [-0.4, -0.2) is 49.1 Å². The van der Waals surface area contributed by atoms with E-state index < -0.39 is 0 Å². The quantitative estimate of drug-likeness (QED) is 0.864. The van der Waals surface area contributed by atoms with Gasteiger partial charge in [0.25, 0.3) is 5.91 Å². The van der Waals surface area contributed by atoms with Crippen LogP contribution in [0, 0.1) is 5.92 Å². The molecule has 1 N–H and O–H groups in total. The first-order valence-corrected chi connectivity index (χ1v) is 7.22. The molecule has 1 atom stereocenters. The zero-order chi connectivity index (χ0) is 14.4. The lowest BCUT2D eigenvalue weighted by atomic mass is 10.1. The van der Waals surface area contributed by atoms with E-state index in [1.54, 1.807) is 13.3 Å². The average molecular weight is 277 g/mol. The van der Waals surface area contributed by atoms with E-state index in [9.17, 15) is 4.79 Å². The second-order valence-corrected chi connectivity index (χ2v) is 5.22. The molecular formula is C15H23N3O2. The Hall–Kier alpha value is -1.62. The lowest BCUT2D eigenvalue weighted by molar-refractivity contribution is 0.0770. The molecule has 1 aromatic heterocycles. The van der Waals surface area contributed by atoms with E-state index >= 15 is 0 Å². The highest BCUT2D eigenvalue weighted by Crippen LogP contribution is 2.19. The Morgan fingerprint density at radius 3 is 3.20 bits per heavy atom. The number of hydrogen-bond acceptors (Lipinski definition) is 4. The molecule has 0 bridgehead atoms. The van der Waals surface area contributed by atoms with Crippen molar-refractivity contribution in [1.82, 2.24) is 9.88 Å². The van der Waals surface area contributed by atoms with Crippen LogP contribution in [0.1, 0.15) is 30.3 Å². The minimum Gasteiger partial charge on any atom is -0.385 e. The minimum absolute atomic E-state index is 0.0174. The lowest BCUT2D eigenvalue weighted by Crippen LogP contribution is -2.30. The fraction of sp³-hybridized carbons (Fsp3) is 0.600. The van der Waals surface area contributed by atoms with Gasteiger partial charge in [0.2, 0.25) is 0 Å². The Balaban J connectivity index is 1.98. The van der Waals surface area contributed by atoms with Gasteiger partial charge in [-0.1, -0.05) is 6.92 Å². The summed E-state index contributed by atoms with van der Waals surface area (Å²) in [6.45, 7) is 5.29. The molecule has 1 unspecified atom stereocenters. The summed E-state index contributed by atoms with van der Waals surface area (Å²) in [7, 11) is 1.70. The molecule has 20 heavy (non-hydrogen) atoms. The topological polar surface area (TPSA) is 54.5 Å². The number of carbonyl (C=O) groups excluding carboxylic acids is 1. The van der Waals surface area contributed by atoms with Crippen molar-refractivity contribution in [2.45, 2.75) is 19.8 Å². The maximum absolute atomic E-state index is 12.4. The van der Waals surface area contributed by atoms with Crippen molar-refractivity contribution in [3.05, 3.63) is 24.0 Å². The Morgan fingerprint density at radius 1 is 1.60 bits per heavy atom. The normalized spacial score (nSPS) is 18.3. The number of likely N-dealkylation sites (tertiary alicyclic amines) is 1. The van der Waals surface area contributed by atoms with Crippen LogP contribution < -0.4 is 5.32 Å². The summed E-state index contributed by atoms with van der Waals surface area (Å²) >= 11 is 0. The van der Waals surface area contributed by atoms with Crippen molar-refractivity contribution in [3.63, 3.8) is 0 Å². The highest BCUT2D eigenvalue weighted by Gasteiger charge is 2.27. The van der Waals surface area contributed by atoms with E-state index in [0.29, 0.717) is 11.6 Å². The first-order valence-electron chi connectivity index (χ1n) is 7.22. The Bertz CT molecular complexity index is 450. The van der Waals surface area contributed by atoms with Gasteiger partial charge in [-0.2, -0.15) is 0 Å². The van der Waals surface area contributed by atoms with Crippen LogP contribution in [-0.2, 0) is 4.74 Å². The minimum atomic E-state index is 0.0174. The molecule has 1 aromatic rings. The molecule has 0 radical (unpaired) electrons. The molecule has 5 heteroatoms. The predicted octanol–water partition coefficient (Wildman–Crippen LogP) is 2.01. The van der Waals surface area contributed by atoms with E-state index in [0.717, 1.165) is 44.8 Å². The van der Waals surface area contributed by atoms with Crippen LogP contribution in [0.25, 0.3) is 0 Å². The third-order valence-electron chi connectivity index (χ3n) is 3.53. The van der Waals surface area contributed by atoms with Gasteiger partial charge in [0, 0.05) is 44.5 Å². The fourth-order valence-electron chi connectivity index (χ4n) is 2.48. The van der Waals surface area contributed by atoms with Crippen molar-refractivity contribution in [3.8, 4) is 0 Å². The van der Waals surface area contributed by atoms with Crippen LogP contribution in [0.2, 0.25) is 0 Å². The summed E-state index contributed by atoms with van der Waals surface area (Å²) in [4.78, 5) is 18.5. The number of amides is 1. The number of hydrogen-bond donors (Lipinski definition) is 1. The summed E-state index contributed by atoms with van der Waals surface area (Å²) in [5, 5.41) is 3.28. The molecular weight excluding hydrogens is 254 g/mol. The molecule has 1 saturated heterocycles. The van der Waals surface area contributed by atoms with Gasteiger partial charge in [0.05, 0.1) is 6.61 Å². The Kier molecular flexibility index (Phi) is 5.35. The first kappa shape index (κ1) is 14.8. The van der Waals surface area contributed by atoms with Crippen molar-refractivity contribution >= 4 is 11.6 Å². The second-order valence-electron chi connectivity index (χ2n) is 5.22. The van der Waals surface area contributed by atoms with Gasteiger partial charge in [-0.05, 0) is 25.0 Å². The van der Waals surface area contributed by atoms with E-state index in [1.165, 1.54) is 0 Å². The number of nitrogens with zero attached hydrogens (tertiary/aromatic N) is 2. The summed E-state index contributed by atoms with van der Waals surface area (Å²) < 4.78 is 5.16. The predicted molar refractivity (Wildman–Crippen MR) is 78.9 cm³/mol. The van der Waals surface area contributed by atoms with Crippen molar-refractivity contribution in [1.29, 1.82) is 0 Å². The smallest absolute Gasteiger partial charge is 0.272 e. The molecule has 0 aromatic carbocycles. The molecule has 0 spiro atoms. The van der Waals surface area contributed by atoms with Crippen molar-refractivity contribution in [2.75, 3.05) is 38.7 Å². The number of ether oxygens (including phenoxy) is 1. The maximum atomic E-state index is 12.4. The van der Waals surface area contributed by atoms with Crippen LogP contribution in [0.3, 0.4) is 0 Å². The van der Waals surface area contributed by atoms with Gasteiger partial charge < -0.3 is 15.0 Å². The number of aromatic nitrogens is 1. The molecule has 0 saturated carbocycles. The van der Waals surface area contributed by atoms with Crippen LogP contribution in [0.15, 0.2) is 18.3 Å². The molecule has 0 aliphatic carbocycles. The summed E-state index contributed by atoms with van der Waals surface area (Å²) in [6, 6.07) is 3.73. The maximum Gasteiger partial charge on any atom is 0.272 e. The van der Waals surface area contributed by atoms with Crippen molar-refractivity contribution in [2.24, 2.45) is 5.92 Å². The van der Waals surface area contributed by atoms with Gasteiger partial charge in [0.15, 0.2) is 0 Å². The molecule has 1 aliphatic heterocycles. The van der Waals surface area contributed by atoms with Gasteiger partial charge in [-0.15, -0.1) is 0 Å². The second kappa shape index (κ2) is 7.24. The summed E-state index contributed by atoms with van der Waals surface area (Å²) in [5.74, 6) is 0.467. The van der Waals surface area contributed by atoms with Crippen LogP contribution in [0.4, 0.5) is 5.69 Å². The van der Waals surface area contributed by atoms with E-state index in [4.69, 9.17) is 4.74 Å². The van der Waals surface area contributed by atoms with Gasteiger partial charge in [-0.25, -0.2) is 0 Å². The first-order chi connectivity index (χ1) is 9.74. The van der Waals surface area contributed by atoms with Gasteiger partial charge in [-0.3, -0.25) is 9.78 Å². The molecule has 2 rings (SSSR count). The molecule has 1 amide bonds. The Labute approximate surface area is 120 Å². The molecule has 5 nitrogen and oxygen atoms in total. The highest BCUT2D eigenvalue weighted by atomic mass is 16.5. The SMILES string of the molecule is CCCNc1ccnc(C(=O)N2CCC(COC)C2)c1. The highest BCUT2D eigenvalue weighted by molar-refractivity contribution is 5.93. The Morgan fingerprint density at radius 2 is 2.45 bits per heavy atom. The monoisotopic (exact) mass is 277 g/mol. The number of carbonyl (C=O) groups is 1. The van der Waals surface area contributed by atoms with Gasteiger partial charge >= 0.3 is 0 Å². The van der Waals surface area contributed by atoms with E-state index in [-0.39, 0.29) is 5.91 Å². The fourth-order valence-corrected chi connectivity index (χ4v) is 2.48. The van der Waals surface area contributed by atoms with E-state index in [1.807, 2.05) is 17.0 Å². The molecule has 2 heterocycles. The zero-order valence-electron chi connectivity index (χ0n) is 12.3. The number of anilines is 1.